The maximum Gasteiger partial charge on any atom is 0.423 e. The summed E-state index contributed by atoms with van der Waals surface area (Å²) in [5.41, 5.74) is -3.35. The number of halogens is 4. The minimum absolute atomic E-state index is 0.108. The predicted octanol–water partition coefficient (Wildman–Crippen LogP) is 2.00. The molecule has 1 aliphatic rings. The van der Waals surface area contributed by atoms with Gasteiger partial charge in [0.1, 0.15) is 5.82 Å². The van der Waals surface area contributed by atoms with Crippen LogP contribution in [0.2, 0.25) is 0 Å². The molecule has 0 aromatic heterocycles. The number of hydrogen-bond acceptors (Lipinski definition) is 2. The Morgan fingerprint density at radius 2 is 2.00 bits per heavy atom. The SMILES string of the molecule is O[C@@]1(C(F)(F)F)CNc2ccc(F)cc21. The Kier molecular flexibility index (Phi) is 1.94. The highest BCUT2D eigenvalue weighted by Crippen LogP contribution is 2.45. The molecule has 1 aliphatic heterocycles. The lowest BCUT2D eigenvalue weighted by molar-refractivity contribution is -0.258. The third-order valence-corrected chi connectivity index (χ3v) is 2.43. The summed E-state index contributed by atoms with van der Waals surface area (Å²) < 4.78 is 50.4. The van der Waals surface area contributed by atoms with Crippen LogP contribution in [0.4, 0.5) is 23.2 Å². The van der Waals surface area contributed by atoms with Crippen LogP contribution >= 0.6 is 0 Å². The van der Waals surface area contributed by atoms with Gasteiger partial charge in [-0.2, -0.15) is 13.2 Å². The lowest BCUT2D eigenvalue weighted by Gasteiger charge is -2.25. The van der Waals surface area contributed by atoms with E-state index in [1.54, 1.807) is 0 Å². The Morgan fingerprint density at radius 3 is 2.60 bits per heavy atom. The topological polar surface area (TPSA) is 32.3 Å². The van der Waals surface area contributed by atoms with Crippen molar-refractivity contribution in [2.45, 2.75) is 11.8 Å². The second-order valence-electron chi connectivity index (χ2n) is 3.40. The lowest BCUT2D eigenvalue weighted by atomic mass is 9.95. The van der Waals surface area contributed by atoms with Gasteiger partial charge in [0.2, 0.25) is 5.60 Å². The molecule has 0 unspecified atom stereocenters. The summed E-state index contributed by atoms with van der Waals surface area (Å²) in [4.78, 5) is 0. The molecule has 2 rings (SSSR count). The number of aliphatic hydroxyl groups is 1. The molecule has 1 aromatic rings. The Morgan fingerprint density at radius 1 is 1.33 bits per heavy atom. The molecule has 0 radical (unpaired) electrons. The van der Waals surface area contributed by atoms with Crippen molar-refractivity contribution in [2.75, 3.05) is 11.9 Å². The maximum absolute atomic E-state index is 12.8. The largest absolute Gasteiger partial charge is 0.423 e. The second kappa shape index (κ2) is 2.85. The van der Waals surface area contributed by atoms with Crippen molar-refractivity contribution in [2.24, 2.45) is 0 Å². The van der Waals surface area contributed by atoms with Gasteiger partial charge in [0, 0.05) is 11.3 Å². The number of β-amino-alcohol motifs (C(OH)–C–C–N with tert-alkyl or cyclic N) is 1. The predicted molar refractivity (Wildman–Crippen MR) is 44.8 cm³/mol. The molecule has 82 valence electrons. The van der Waals surface area contributed by atoms with Crippen LogP contribution in [-0.4, -0.2) is 17.8 Å². The number of alkyl halides is 3. The molecule has 0 spiro atoms. The summed E-state index contributed by atoms with van der Waals surface area (Å²) in [6.07, 6.45) is -4.82. The Bertz CT molecular complexity index is 404. The van der Waals surface area contributed by atoms with E-state index in [1.807, 2.05) is 0 Å². The summed E-state index contributed by atoms with van der Waals surface area (Å²) in [5, 5.41) is 11.8. The van der Waals surface area contributed by atoms with Crippen LogP contribution in [0, 0.1) is 5.82 Å². The minimum Gasteiger partial charge on any atom is -0.381 e. The third-order valence-electron chi connectivity index (χ3n) is 2.43. The van der Waals surface area contributed by atoms with E-state index >= 15 is 0 Å². The maximum atomic E-state index is 12.8. The van der Waals surface area contributed by atoms with Gasteiger partial charge in [-0.05, 0) is 18.2 Å². The molecule has 1 heterocycles. The van der Waals surface area contributed by atoms with Gasteiger partial charge in [0.05, 0.1) is 6.54 Å². The summed E-state index contributed by atoms with van der Waals surface area (Å²) in [7, 11) is 0. The standard InChI is InChI=1S/C9H7F4NO/c10-5-1-2-7-6(3-5)8(15,4-14-7)9(11,12)13/h1-3,14-15H,4H2/t8-/m0/s1. The van der Waals surface area contributed by atoms with E-state index in [1.165, 1.54) is 6.07 Å². The van der Waals surface area contributed by atoms with E-state index in [0.29, 0.717) is 6.07 Å². The van der Waals surface area contributed by atoms with Crippen molar-refractivity contribution >= 4 is 5.69 Å². The number of fused-ring (bicyclic) bond motifs is 1. The minimum atomic E-state index is -4.82. The highest BCUT2D eigenvalue weighted by molar-refractivity contribution is 5.59. The van der Waals surface area contributed by atoms with Crippen LogP contribution in [-0.2, 0) is 5.60 Å². The Balaban J connectivity index is 2.56. The van der Waals surface area contributed by atoms with Crippen LogP contribution in [0.5, 0.6) is 0 Å². The van der Waals surface area contributed by atoms with Crippen molar-refractivity contribution in [1.82, 2.24) is 0 Å². The Hall–Kier alpha value is -1.30. The number of benzene rings is 1. The number of anilines is 1. The average Bonchev–Trinajstić information content (AvgIpc) is 2.44. The molecule has 1 aromatic carbocycles. The van der Waals surface area contributed by atoms with E-state index in [9.17, 15) is 22.7 Å². The highest BCUT2D eigenvalue weighted by atomic mass is 19.4. The third kappa shape index (κ3) is 1.36. The monoisotopic (exact) mass is 221 g/mol. The molecular formula is C9H7F4NO. The summed E-state index contributed by atoms with van der Waals surface area (Å²) >= 11 is 0. The molecule has 0 aliphatic carbocycles. The number of rotatable bonds is 0. The second-order valence-corrected chi connectivity index (χ2v) is 3.40. The Labute approximate surface area is 82.5 Å². The summed E-state index contributed by atoms with van der Waals surface area (Å²) in [6.45, 7) is -0.685. The smallest absolute Gasteiger partial charge is 0.381 e. The van der Waals surface area contributed by atoms with E-state index in [2.05, 4.69) is 5.32 Å². The van der Waals surface area contributed by atoms with Crippen molar-refractivity contribution in [1.29, 1.82) is 0 Å². The fourth-order valence-corrected chi connectivity index (χ4v) is 1.58. The molecule has 1 atom stereocenters. The van der Waals surface area contributed by atoms with Crippen LogP contribution in [0.3, 0.4) is 0 Å². The van der Waals surface area contributed by atoms with Crippen LogP contribution in [0.15, 0.2) is 18.2 Å². The lowest BCUT2D eigenvalue weighted by Crippen LogP contribution is -2.43. The normalized spacial score (nSPS) is 24.9. The van der Waals surface area contributed by atoms with Crippen LogP contribution in [0.1, 0.15) is 5.56 Å². The number of nitrogens with one attached hydrogen (secondary N) is 1. The van der Waals surface area contributed by atoms with Crippen LogP contribution in [0.25, 0.3) is 0 Å². The van der Waals surface area contributed by atoms with Crippen molar-refractivity contribution < 1.29 is 22.7 Å². The zero-order valence-electron chi connectivity index (χ0n) is 7.40. The van der Waals surface area contributed by atoms with Gasteiger partial charge in [-0.1, -0.05) is 0 Å². The molecule has 0 amide bonds. The van der Waals surface area contributed by atoms with Crippen molar-refractivity contribution in [3.05, 3.63) is 29.6 Å². The molecule has 0 saturated heterocycles. The molecule has 2 nitrogen and oxygen atoms in total. The van der Waals surface area contributed by atoms with Gasteiger partial charge >= 0.3 is 6.18 Å². The first-order valence-electron chi connectivity index (χ1n) is 4.17. The quantitative estimate of drug-likeness (QED) is 0.657. The van der Waals surface area contributed by atoms with Crippen molar-refractivity contribution in [3.8, 4) is 0 Å². The van der Waals surface area contributed by atoms with Gasteiger partial charge in [-0.25, -0.2) is 4.39 Å². The van der Waals surface area contributed by atoms with Gasteiger partial charge in [0.25, 0.3) is 0 Å². The fourth-order valence-electron chi connectivity index (χ4n) is 1.58. The van der Waals surface area contributed by atoms with Gasteiger partial charge in [-0.15, -0.1) is 0 Å². The zero-order chi connectivity index (χ0) is 11.3. The van der Waals surface area contributed by atoms with E-state index in [4.69, 9.17) is 0 Å². The summed E-state index contributed by atoms with van der Waals surface area (Å²) in [6, 6.07) is 2.91. The average molecular weight is 221 g/mol. The van der Waals surface area contributed by atoms with E-state index in [-0.39, 0.29) is 5.69 Å². The highest BCUT2D eigenvalue weighted by Gasteiger charge is 2.58. The van der Waals surface area contributed by atoms with Crippen molar-refractivity contribution in [3.63, 3.8) is 0 Å². The molecule has 6 heteroatoms. The molecule has 0 bridgehead atoms. The first-order chi connectivity index (χ1) is 6.84. The molecule has 2 N–H and O–H groups in total. The molecule has 15 heavy (non-hydrogen) atoms. The van der Waals surface area contributed by atoms with Gasteiger partial charge in [0.15, 0.2) is 0 Å². The van der Waals surface area contributed by atoms with Crippen LogP contribution < -0.4 is 5.32 Å². The van der Waals surface area contributed by atoms with Gasteiger partial charge < -0.3 is 10.4 Å². The van der Waals surface area contributed by atoms with E-state index < -0.39 is 29.7 Å². The fraction of sp³-hybridized carbons (Fsp3) is 0.333. The summed E-state index contributed by atoms with van der Waals surface area (Å²) in [5.74, 6) is -0.805. The molecule has 0 fully saturated rings. The first kappa shape index (κ1) is 10.2. The first-order valence-corrected chi connectivity index (χ1v) is 4.17. The zero-order valence-corrected chi connectivity index (χ0v) is 7.40. The molecular weight excluding hydrogens is 214 g/mol. The van der Waals surface area contributed by atoms with E-state index in [0.717, 1.165) is 6.07 Å². The molecule has 0 saturated carbocycles. The number of hydrogen-bond donors (Lipinski definition) is 2. The van der Waals surface area contributed by atoms with Gasteiger partial charge in [-0.3, -0.25) is 0 Å².